The Bertz CT molecular complexity index is 773. The number of hydrogen-bond donors (Lipinski definition) is 2. The predicted molar refractivity (Wildman–Crippen MR) is 101 cm³/mol. The molecule has 1 aromatic heterocycles. The lowest BCUT2D eigenvalue weighted by Crippen LogP contribution is -2.39. The van der Waals surface area contributed by atoms with E-state index in [2.05, 4.69) is 34.6 Å². The van der Waals surface area contributed by atoms with E-state index in [4.69, 9.17) is 18.7 Å². The van der Waals surface area contributed by atoms with E-state index in [-0.39, 0.29) is 6.79 Å². The van der Waals surface area contributed by atoms with Crippen molar-refractivity contribution in [1.29, 1.82) is 0 Å². The molecule has 0 saturated carbocycles. The van der Waals surface area contributed by atoms with Crippen LogP contribution in [0.3, 0.4) is 0 Å². The highest BCUT2D eigenvalue weighted by atomic mass is 16.7. The number of nitrogens with zero attached hydrogens (tertiary/aromatic N) is 2. The molecule has 0 spiro atoms. The molecule has 1 aliphatic heterocycles. The molecule has 0 atom stereocenters. The highest BCUT2D eigenvalue weighted by molar-refractivity contribution is 5.79. The zero-order valence-corrected chi connectivity index (χ0v) is 15.9. The smallest absolute Gasteiger partial charge is 0.231 e. The summed E-state index contributed by atoms with van der Waals surface area (Å²) >= 11 is 0. The van der Waals surface area contributed by atoms with Crippen molar-refractivity contribution < 1.29 is 18.7 Å². The van der Waals surface area contributed by atoms with Crippen molar-refractivity contribution in [2.24, 2.45) is 4.99 Å². The lowest BCUT2D eigenvalue weighted by atomic mass is 10.1. The van der Waals surface area contributed by atoms with Crippen molar-refractivity contribution in [3.63, 3.8) is 0 Å². The first kappa shape index (κ1) is 18.9. The Morgan fingerprint density at radius 1 is 1.22 bits per heavy atom. The molecule has 8 heteroatoms. The molecule has 0 fully saturated rings. The summed E-state index contributed by atoms with van der Waals surface area (Å²) in [6.45, 7) is 8.73. The first-order valence-corrected chi connectivity index (χ1v) is 9.16. The van der Waals surface area contributed by atoms with Gasteiger partial charge in [-0.2, -0.15) is 0 Å². The maximum Gasteiger partial charge on any atom is 0.231 e. The molecule has 8 nitrogen and oxygen atoms in total. The molecule has 0 radical (unpaired) electrons. The summed E-state index contributed by atoms with van der Waals surface area (Å²) in [5.74, 6) is 3.98. The summed E-state index contributed by atoms with van der Waals surface area (Å²) in [5, 5.41) is 10.5. The Morgan fingerprint density at radius 3 is 2.85 bits per heavy atom. The third kappa shape index (κ3) is 5.29. The number of aliphatic imine (C=N–C) groups is 1. The van der Waals surface area contributed by atoms with Crippen molar-refractivity contribution in [3.05, 3.63) is 35.7 Å². The molecule has 1 aliphatic rings. The molecule has 0 aliphatic carbocycles. The second-order valence-electron chi connectivity index (χ2n) is 6.36. The summed E-state index contributed by atoms with van der Waals surface area (Å²) in [4.78, 5) is 4.52. The van der Waals surface area contributed by atoms with Crippen molar-refractivity contribution >= 4 is 5.96 Å². The Labute approximate surface area is 158 Å². The van der Waals surface area contributed by atoms with Crippen molar-refractivity contribution in [3.8, 4) is 17.2 Å². The van der Waals surface area contributed by atoms with Crippen molar-refractivity contribution in [1.82, 2.24) is 15.8 Å². The molecule has 2 heterocycles. The molecular weight excluding hydrogens is 348 g/mol. The minimum atomic E-state index is 0.257. The summed E-state index contributed by atoms with van der Waals surface area (Å²) < 4.78 is 21.7. The van der Waals surface area contributed by atoms with Crippen LogP contribution in [0, 0.1) is 0 Å². The van der Waals surface area contributed by atoms with E-state index in [1.54, 1.807) is 0 Å². The number of fused-ring (bicyclic) bond motifs is 1. The SMILES string of the molecule is CCNC(=NCc1cc(C(C)C)no1)NCCOc1ccc2c(c1)OCO2. The molecule has 27 heavy (non-hydrogen) atoms. The normalized spacial score (nSPS) is 13.1. The van der Waals surface area contributed by atoms with Crippen LogP contribution in [0.25, 0.3) is 0 Å². The molecule has 146 valence electrons. The van der Waals surface area contributed by atoms with Crippen LogP contribution >= 0.6 is 0 Å². The van der Waals surface area contributed by atoms with Crippen LogP contribution in [0.5, 0.6) is 17.2 Å². The molecule has 3 rings (SSSR count). The van der Waals surface area contributed by atoms with Crippen LogP contribution in [0.1, 0.15) is 38.1 Å². The number of nitrogens with one attached hydrogen (secondary N) is 2. The van der Waals surface area contributed by atoms with Crippen molar-refractivity contribution in [2.75, 3.05) is 26.5 Å². The average molecular weight is 374 g/mol. The zero-order chi connectivity index (χ0) is 19.1. The maximum atomic E-state index is 5.74. The highest BCUT2D eigenvalue weighted by Crippen LogP contribution is 2.34. The Hall–Kier alpha value is -2.90. The Morgan fingerprint density at radius 2 is 2.07 bits per heavy atom. The van der Waals surface area contributed by atoms with Crippen molar-refractivity contribution in [2.45, 2.75) is 33.2 Å². The topological polar surface area (TPSA) is 90.1 Å². The van der Waals surface area contributed by atoms with E-state index < -0.39 is 0 Å². The fourth-order valence-corrected chi connectivity index (χ4v) is 2.48. The van der Waals surface area contributed by atoms with E-state index in [1.165, 1.54) is 0 Å². The number of guanidine groups is 1. The van der Waals surface area contributed by atoms with E-state index in [0.717, 1.165) is 29.5 Å². The number of ether oxygens (including phenoxy) is 3. The number of rotatable bonds is 8. The number of hydrogen-bond acceptors (Lipinski definition) is 6. The van der Waals surface area contributed by atoms with E-state index >= 15 is 0 Å². The van der Waals surface area contributed by atoms with E-state index in [1.807, 2.05) is 31.2 Å². The molecule has 0 unspecified atom stereocenters. The van der Waals surface area contributed by atoms with Crippen LogP contribution in [0.15, 0.2) is 33.8 Å². The van der Waals surface area contributed by atoms with Gasteiger partial charge in [-0.3, -0.25) is 0 Å². The second kappa shape index (κ2) is 9.16. The van der Waals surface area contributed by atoms with E-state index in [9.17, 15) is 0 Å². The van der Waals surface area contributed by atoms with Gasteiger partial charge in [-0.1, -0.05) is 19.0 Å². The van der Waals surface area contributed by atoms with Gasteiger partial charge in [0.1, 0.15) is 18.9 Å². The number of benzene rings is 1. The third-order valence-electron chi connectivity index (χ3n) is 3.91. The van der Waals surface area contributed by atoms with Crippen LogP contribution in [0.2, 0.25) is 0 Å². The second-order valence-corrected chi connectivity index (χ2v) is 6.36. The van der Waals surface area contributed by atoms with Gasteiger partial charge in [0.15, 0.2) is 23.2 Å². The lowest BCUT2D eigenvalue weighted by molar-refractivity contribution is 0.173. The first-order valence-electron chi connectivity index (χ1n) is 9.16. The van der Waals surface area contributed by atoms with Gasteiger partial charge < -0.3 is 29.4 Å². The molecular formula is C19H26N4O4. The minimum Gasteiger partial charge on any atom is -0.492 e. The molecule has 0 bridgehead atoms. The Balaban J connectivity index is 1.46. The van der Waals surface area contributed by atoms with Gasteiger partial charge in [-0.05, 0) is 25.0 Å². The quantitative estimate of drug-likeness (QED) is 0.417. The van der Waals surface area contributed by atoms with Gasteiger partial charge in [0, 0.05) is 18.7 Å². The van der Waals surface area contributed by atoms with Gasteiger partial charge in [-0.25, -0.2) is 4.99 Å². The lowest BCUT2D eigenvalue weighted by Gasteiger charge is -2.12. The first-order chi connectivity index (χ1) is 13.2. The highest BCUT2D eigenvalue weighted by Gasteiger charge is 2.13. The Kier molecular flexibility index (Phi) is 6.40. The van der Waals surface area contributed by atoms with Crippen LogP contribution in [-0.4, -0.2) is 37.6 Å². The minimum absolute atomic E-state index is 0.257. The average Bonchev–Trinajstić information content (AvgIpc) is 3.31. The van der Waals surface area contributed by atoms with Crippen LogP contribution < -0.4 is 24.8 Å². The zero-order valence-electron chi connectivity index (χ0n) is 15.9. The molecule has 2 N–H and O–H groups in total. The van der Waals surface area contributed by atoms with Crippen LogP contribution in [0.4, 0.5) is 0 Å². The maximum absolute atomic E-state index is 5.74. The molecule has 2 aromatic rings. The third-order valence-corrected chi connectivity index (χ3v) is 3.91. The monoisotopic (exact) mass is 374 g/mol. The summed E-state index contributed by atoms with van der Waals surface area (Å²) in [7, 11) is 0. The fourth-order valence-electron chi connectivity index (χ4n) is 2.48. The predicted octanol–water partition coefficient (Wildman–Crippen LogP) is 2.66. The van der Waals surface area contributed by atoms with E-state index in [0.29, 0.717) is 37.3 Å². The molecule has 1 aromatic carbocycles. The van der Waals surface area contributed by atoms with Gasteiger partial charge in [0.2, 0.25) is 6.79 Å². The van der Waals surface area contributed by atoms with Crippen LogP contribution in [-0.2, 0) is 6.54 Å². The summed E-state index contributed by atoms with van der Waals surface area (Å²) in [5.41, 5.74) is 0.940. The fraction of sp³-hybridized carbons (Fsp3) is 0.474. The van der Waals surface area contributed by atoms with Gasteiger partial charge in [0.05, 0.1) is 12.2 Å². The summed E-state index contributed by atoms with van der Waals surface area (Å²) in [6.07, 6.45) is 0. The molecule has 0 amide bonds. The van der Waals surface area contributed by atoms with Gasteiger partial charge in [-0.15, -0.1) is 0 Å². The summed E-state index contributed by atoms with van der Waals surface area (Å²) in [6, 6.07) is 7.49. The largest absolute Gasteiger partial charge is 0.492 e. The molecule has 0 saturated heterocycles. The standard InChI is InChI=1S/C19H26N4O4/c1-4-20-19(22-11-15-9-16(13(2)3)23-27-15)21-7-8-24-14-5-6-17-18(10-14)26-12-25-17/h5-6,9-10,13H,4,7-8,11-12H2,1-3H3,(H2,20,21,22). The van der Waals surface area contributed by atoms with Gasteiger partial charge in [0.25, 0.3) is 0 Å². The van der Waals surface area contributed by atoms with Gasteiger partial charge >= 0.3 is 0 Å². The number of aromatic nitrogens is 1.